The van der Waals surface area contributed by atoms with E-state index in [-0.39, 0.29) is 0 Å². The summed E-state index contributed by atoms with van der Waals surface area (Å²) >= 11 is 0. The van der Waals surface area contributed by atoms with Crippen LogP contribution in [0.3, 0.4) is 0 Å². The van der Waals surface area contributed by atoms with Crippen LogP contribution in [0.5, 0.6) is 0 Å². The van der Waals surface area contributed by atoms with Gasteiger partial charge >= 0.3 is 0 Å². The van der Waals surface area contributed by atoms with Crippen molar-refractivity contribution < 1.29 is 0 Å². The van der Waals surface area contributed by atoms with Crippen molar-refractivity contribution in [3.05, 3.63) is 24.2 Å². The van der Waals surface area contributed by atoms with Gasteiger partial charge in [0.1, 0.15) is 6.33 Å². The quantitative estimate of drug-likeness (QED) is 0.633. The second-order valence-electron chi connectivity index (χ2n) is 3.02. The molecule has 0 aromatic carbocycles. The highest BCUT2D eigenvalue weighted by Gasteiger charge is 2.02. The van der Waals surface area contributed by atoms with Gasteiger partial charge in [0, 0.05) is 0 Å². The smallest absolute Gasteiger partial charge is 0.176 e. The number of hydrogen-bond donors (Lipinski definition) is 0. The predicted octanol–water partition coefficient (Wildman–Crippen LogP) is 1.25. The number of hydrogen-bond acceptors (Lipinski definition) is 3. The van der Waals surface area contributed by atoms with Crippen molar-refractivity contribution in [2.75, 3.05) is 0 Å². The summed E-state index contributed by atoms with van der Waals surface area (Å²) in [6.45, 7) is 4.20. The third kappa shape index (κ3) is 1.05. The van der Waals surface area contributed by atoms with Crippen LogP contribution in [0.15, 0.2) is 18.5 Å². The lowest BCUT2D eigenvalue weighted by Gasteiger charge is -2.01. The minimum absolute atomic E-state index is 0.429. The van der Waals surface area contributed by atoms with E-state index in [2.05, 4.69) is 29.0 Å². The maximum absolute atomic E-state index is 4.28. The van der Waals surface area contributed by atoms with E-state index in [9.17, 15) is 0 Å². The molecule has 0 saturated carbocycles. The van der Waals surface area contributed by atoms with Gasteiger partial charge in [-0.15, -0.1) is 9.73 Å². The SMILES string of the molecule is CC(C)c1ccc2ncnn2n1. The van der Waals surface area contributed by atoms with E-state index in [0.717, 1.165) is 11.3 Å². The van der Waals surface area contributed by atoms with Crippen LogP contribution >= 0.6 is 0 Å². The monoisotopic (exact) mass is 162 g/mol. The molecule has 62 valence electrons. The molecular formula is C8H10N4. The Kier molecular flexibility index (Phi) is 1.53. The maximum atomic E-state index is 4.28. The summed E-state index contributed by atoms with van der Waals surface area (Å²) in [5.74, 6) is 0.429. The minimum Gasteiger partial charge on any atom is -0.213 e. The molecule has 0 unspecified atom stereocenters. The van der Waals surface area contributed by atoms with Crippen molar-refractivity contribution in [2.45, 2.75) is 19.8 Å². The van der Waals surface area contributed by atoms with Crippen molar-refractivity contribution in [3.8, 4) is 0 Å². The molecule has 0 atom stereocenters. The standard InChI is InChI=1S/C8H10N4/c1-6(2)7-3-4-8-9-5-10-12(8)11-7/h3-6H,1-2H3. The molecule has 4 heteroatoms. The van der Waals surface area contributed by atoms with Gasteiger partial charge in [-0.1, -0.05) is 13.8 Å². The van der Waals surface area contributed by atoms with E-state index in [1.165, 1.54) is 6.33 Å². The number of rotatable bonds is 1. The Labute approximate surface area is 70.2 Å². The fourth-order valence-corrected chi connectivity index (χ4v) is 1.04. The first kappa shape index (κ1) is 7.21. The molecule has 0 aliphatic carbocycles. The molecule has 0 bridgehead atoms. The Balaban J connectivity index is 2.60. The molecule has 0 aliphatic rings. The van der Waals surface area contributed by atoms with E-state index in [1.54, 1.807) is 4.63 Å². The van der Waals surface area contributed by atoms with Gasteiger partial charge in [-0.05, 0) is 18.1 Å². The molecule has 12 heavy (non-hydrogen) atoms. The van der Waals surface area contributed by atoms with Gasteiger partial charge in [0.05, 0.1) is 5.69 Å². The van der Waals surface area contributed by atoms with Crippen LogP contribution in [0, 0.1) is 0 Å². The van der Waals surface area contributed by atoms with Crippen LogP contribution in [0.4, 0.5) is 0 Å². The van der Waals surface area contributed by atoms with Gasteiger partial charge in [0.15, 0.2) is 5.65 Å². The average molecular weight is 162 g/mol. The molecule has 2 heterocycles. The summed E-state index contributed by atoms with van der Waals surface area (Å²) in [6.07, 6.45) is 1.51. The van der Waals surface area contributed by atoms with Crippen LogP contribution in [-0.4, -0.2) is 19.8 Å². The van der Waals surface area contributed by atoms with Crippen LogP contribution in [0.2, 0.25) is 0 Å². The Morgan fingerprint density at radius 3 is 2.92 bits per heavy atom. The first-order valence-electron chi connectivity index (χ1n) is 3.94. The second-order valence-corrected chi connectivity index (χ2v) is 3.02. The van der Waals surface area contributed by atoms with Gasteiger partial charge < -0.3 is 0 Å². The number of fused-ring (bicyclic) bond motifs is 1. The van der Waals surface area contributed by atoms with E-state index >= 15 is 0 Å². The molecule has 0 fully saturated rings. The largest absolute Gasteiger partial charge is 0.213 e. The number of nitrogens with zero attached hydrogens (tertiary/aromatic N) is 4. The normalized spacial score (nSPS) is 11.2. The topological polar surface area (TPSA) is 43.1 Å². The molecule has 0 spiro atoms. The van der Waals surface area contributed by atoms with Crippen LogP contribution in [-0.2, 0) is 0 Å². The van der Waals surface area contributed by atoms with Crippen LogP contribution < -0.4 is 0 Å². The summed E-state index contributed by atoms with van der Waals surface area (Å²) in [6, 6.07) is 3.91. The summed E-state index contributed by atoms with van der Waals surface area (Å²) in [4.78, 5) is 4.01. The van der Waals surface area contributed by atoms with Crippen LogP contribution in [0.25, 0.3) is 5.65 Å². The molecule has 2 aromatic rings. The maximum Gasteiger partial charge on any atom is 0.176 e. The summed E-state index contributed by atoms with van der Waals surface area (Å²) in [5.41, 5.74) is 1.83. The van der Waals surface area contributed by atoms with Gasteiger partial charge in [0.25, 0.3) is 0 Å². The lowest BCUT2D eigenvalue weighted by Crippen LogP contribution is -2.00. The minimum atomic E-state index is 0.429. The van der Waals surface area contributed by atoms with Crippen molar-refractivity contribution in [2.24, 2.45) is 0 Å². The first-order valence-corrected chi connectivity index (χ1v) is 3.94. The lowest BCUT2D eigenvalue weighted by atomic mass is 10.1. The fourth-order valence-electron chi connectivity index (χ4n) is 1.04. The predicted molar refractivity (Wildman–Crippen MR) is 44.9 cm³/mol. The highest BCUT2D eigenvalue weighted by molar-refractivity contribution is 5.34. The molecule has 0 saturated heterocycles. The van der Waals surface area contributed by atoms with Gasteiger partial charge in [0.2, 0.25) is 0 Å². The molecule has 0 radical (unpaired) electrons. The third-order valence-corrected chi connectivity index (χ3v) is 1.76. The molecule has 0 amide bonds. The van der Waals surface area contributed by atoms with Crippen molar-refractivity contribution in [3.63, 3.8) is 0 Å². The zero-order valence-corrected chi connectivity index (χ0v) is 7.10. The van der Waals surface area contributed by atoms with E-state index in [0.29, 0.717) is 5.92 Å². The Morgan fingerprint density at radius 2 is 2.17 bits per heavy atom. The summed E-state index contributed by atoms with van der Waals surface area (Å²) in [5, 5.41) is 8.23. The van der Waals surface area contributed by atoms with E-state index in [1.807, 2.05) is 12.1 Å². The molecule has 4 nitrogen and oxygen atoms in total. The summed E-state index contributed by atoms with van der Waals surface area (Å²) in [7, 11) is 0. The average Bonchev–Trinajstić information content (AvgIpc) is 2.49. The van der Waals surface area contributed by atoms with Gasteiger partial charge in [-0.2, -0.15) is 5.10 Å². The molecule has 0 N–H and O–H groups in total. The lowest BCUT2D eigenvalue weighted by molar-refractivity contribution is 0.715. The first-order chi connectivity index (χ1) is 5.77. The molecule has 0 aliphatic heterocycles. The van der Waals surface area contributed by atoms with Crippen LogP contribution in [0.1, 0.15) is 25.5 Å². The Hall–Kier alpha value is -1.45. The summed E-state index contributed by atoms with van der Waals surface area (Å²) < 4.78 is 1.55. The van der Waals surface area contributed by atoms with Gasteiger partial charge in [-0.25, -0.2) is 4.98 Å². The molecule has 2 rings (SSSR count). The van der Waals surface area contributed by atoms with E-state index < -0.39 is 0 Å². The Bertz CT molecular complexity index is 391. The number of aromatic nitrogens is 4. The van der Waals surface area contributed by atoms with Gasteiger partial charge in [-0.3, -0.25) is 0 Å². The van der Waals surface area contributed by atoms with Crippen molar-refractivity contribution >= 4 is 5.65 Å². The van der Waals surface area contributed by atoms with Crippen molar-refractivity contribution in [1.82, 2.24) is 19.8 Å². The third-order valence-electron chi connectivity index (χ3n) is 1.76. The van der Waals surface area contributed by atoms with Crippen molar-refractivity contribution in [1.29, 1.82) is 0 Å². The zero-order chi connectivity index (χ0) is 8.55. The molecule has 2 aromatic heterocycles. The molecular weight excluding hydrogens is 152 g/mol. The Morgan fingerprint density at radius 1 is 1.33 bits per heavy atom. The second kappa shape index (κ2) is 2.55. The van der Waals surface area contributed by atoms with E-state index in [4.69, 9.17) is 0 Å². The highest BCUT2D eigenvalue weighted by atomic mass is 15.4. The fraction of sp³-hybridized carbons (Fsp3) is 0.375. The zero-order valence-electron chi connectivity index (χ0n) is 7.10. The highest BCUT2D eigenvalue weighted by Crippen LogP contribution is 2.10.